The highest BCUT2D eigenvalue weighted by atomic mass is 16.5. The fraction of sp³-hybridized carbons (Fsp3) is 0.368. The Morgan fingerprint density at radius 2 is 1.67 bits per heavy atom. The quantitative estimate of drug-likeness (QED) is 0.736. The van der Waals surface area contributed by atoms with Gasteiger partial charge in [-0.3, -0.25) is 0 Å². The summed E-state index contributed by atoms with van der Waals surface area (Å²) in [4.78, 5) is 0. The number of hydrogen-bond donors (Lipinski definition) is 0. The molecule has 0 atom stereocenters. The van der Waals surface area contributed by atoms with E-state index in [1.165, 1.54) is 22.3 Å². The van der Waals surface area contributed by atoms with Gasteiger partial charge in [-0.25, -0.2) is 0 Å². The second kappa shape index (κ2) is 4.52. The Morgan fingerprint density at radius 1 is 1.00 bits per heavy atom. The minimum absolute atomic E-state index is 0.278. The molecule has 0 fully saturated rings. The largest absolute Gasteiger partial charge is 0.496 e. The molecule has 2 aromatic carbocycles. The molecule has 0 amide bonds. The van der Waals surface area contributed by atoms with E-state index < -0.39 is 0 Å². The number of methoxy groups -OCH3 is 1. The summed E-state index contributed by atoms with van der Waals surface area (Å²) in [6.45, 7) is 10.5. The Labute approximate surface area is 126 Å². The summed E-state index contributed by atoms with van der Waals surface area (Å²) in [6.07, 6.45) is 4.29. The van der Waals surface area contributed by atoms with Crippen molar-refractivity contribution < 1.29 is 9.47 Å². The molecule has 21 heavy (non-hydrogen) atoms. The maximum atomic E-state index is 6.27. The molecular formula is C19H22O2. The van der Waals surface area contributed by atoms with Crippen LogP contribution in [0.15, 0.2) is 18.2 Å². The van der Waals surface area contributed by atoms with E-state index in [4.69, 9.17) is 9.47 Å². The third kappa shape index (κ3) is 2.10. The van der Waals surface area contributed by atoms with Gasteiger partial charge in [0.2, 0.25) is 0 Å². The summed E-state index contributed by atoms with van der Waals surface area (Å²) in [5.74, 6) is 1.92. The molecule has 2 heteroatoms. The maximum absolute atomic E-state index is 6.27. The summed E-state index contributed by atoms with van der Waals surface area (Å²) in [5.41, 5.74) is 4.52. The molecule has 0 unspecified atom stereocenters. The molecule has 1 aliphatic heterocycles. The first-order chi connectivity index (χ1) is 9.84. The number of hydrogen-bond acceptors (Lipinski definition) is 2. The van der Waals surface area contributed by atoms with E-state index in [2.05, 4.69) is 58.9 Å². The van der Waals surface area contributed by atoms with E-state index >= 15 is 0 Å². The van der Waals surface area contributed by atoms with Crippen molar-refractivity contribution in [3.8, 4) is 11.5 Å². The Balaban J connectivity index is 2.44. The van der Waals surface area contributed by atoms with E-state index in [0.29, 0.717) is 0 Å². The molecular weight excluding hydrogens is 260 g/mol. The average molecular weight is 282 g/mol. The monoisotopic (exact) mass is 282 g/mol. The lowest BCUT2D eigenvalue weighted by atomic mass is 9.92. The predicted molar refractivity (Wildman–Crippen MR) is 88.5 cm³/mol. The third-order valence-corrected chi connectivity index (χ3v) is 4.32. The van der Waals surface area contributed by atoms with Gasteiger partial charge >= 0.3 is 0 Å². The number of benzene rings is 2. The van der Waals surface area contributed by atoms with Crippen molar-refractivity contribution in [2.75, 3.05) is 7.11 Å². The molecule has 0 saturated heterocycles. The van der Waals surface area contributed by atoms with Crippen molar-refractivity contribution in [1.82, 2.24) is 0 Å². The van der Waals surface area contributed by atoms with E-state index in [-0.39, 0.29) is 5.60 Å². The average Bonchev–Trinajstić information content (AvgIpc) is 2.41. The SMILES string of the molecule is COc1c(C)c(C)cc2c3c(c(C)cc12)C=CC(C)(C)O3. The van der Waals surface area contributed by atoms with E-state index in [0.717, 1.165) is 22.3 Å². The van der Waals surface area contributed by atoms with Crippen LogP contribution in [0.2, 0.25) is 0 Å². The molecule has 0 N–H and O–H groups in total. The molecule has 0 radical (unpaired) electrons. The highest BCUT2D eigenvalue weighted by molar-refractivity contribution is 5.98. The lowest BCUT2D eigenvalue weighted by molar-refractivity contribution is 0.161. The van der Waals surface area contributed by atoms with Gasteiger partial charge in [-0.05, 0) is 69.5 Å². The van der Waals surface area contributed by atoms with Crippen LogP contribution < -0.4 is 9.47 Å². The van der Waals surface area contributed by atoms with Crippen molar-refractivity contribution in [3.05, 3.63) is 40.5 Å². The van der Waals surface area contributed by atoms with Gasteiger partial charge in [-0.15, -0.1) is 0 Å². The minimum Gasteiger partial charge on any atom is -0.496 e. The normalized spacial score (nSPS) is 15.7. The van der Waals surface area contributed by atoms with Crippen LogP contribution in [0.4, 0.5) is 0 Å². The van der Waals surface area contributed by atoms with Crippen LogP contribution in [0.1, 0.15) is 36.1 Å². The molecule has 2 nitrogen and oxygen atoms in total. The summed E-state index contributed by atoms with van der Waals surface area (Å²) in [7, 11) is 1.74. The summed E-state index contributed by atoms with van der Waals surface area (Å²) >= 11 is 0. The highest BCUT2D eigenvalue weighted by Crippen LogP contribution is 2.43. The molecule has 0 aliphatic carbocycles. The van der Waals surface area contributed by atoms with Gasteiger partial charge in [0.15, 0.2) is 0 Å². The number of rotatable bonds is 1. The first-order valence-corrected chi connectivity index (χ1v) is 7.34. The summed E-state index contributed by atoms with van der Waals surface area (Å²) in [5, 5.41) is 2.26. The van der Waals surface area contributed by atoms with Gasteiger partial charge in [0.25, 0.3) is 0 Å². The fourth-order valence-corrected chi connectivity index (χ4v) is 3.02. The van der Waals surface area contributed by atoms with Crippen LogP contribution in [0.3, 0.4) is 0 Å². The first-order valence-electron chi connectivity index (χ1n) is 7.34. The molecule has 3 rings (SSSR count). The Hall–Kier alpha value is -1.96. The second-order valence-electron chi connectivity index (χ2n) is 6.42. The summed E-state index contributed by atoms with van der Waals surface area (Å²) < 4.78 is 11.9. The van der Waals surface area contributed by atoms with Crippen molar-refractivity contribution >= 4 is 16.8 Å². The lowest BCUT2D eigenvalue weighted by Crippen LogP contribution is -2.27. The van der Waals surface area contributed by atoms with Crippen molar-refractivity contribution in [1.29, 1.82) is 0 Å². The standard InChI is InChI=1S/C19H22O2/c1-11-9-16-15(17(20-6)13(11)3)10-12(2)14-7-8-19(4,5)21-18(14)16/h7-10H,1-6H3. The van der Waals surface area contributed by atoms with Crippen LogP contribution in [0.25, 0.3) is 16.8 Å². The number of ether oxygens (including phenoxy) is 2. The molecule has 1 heterocycles. The Bertz CT molecular complexity index is 767. The van der Waals surface area contributed by atoms with Crippen LogP contribution in [-0.4, -0.2) is 12.7 Å². The van der Waals surface area contributed by atoms with Gasteiger partial charge in [0, 0.05) is 16.3 Å². The van der Waals surface area contributed by atoms with Gasteiger partial charge in [0.05, 0.1) is 7.11 Å². The van der Waals surface area contributed by atoms with Gasteiger partial charge in [-0.2, -0.15) is 0 Å². The van der Waals surface area contributed by atoms with E-state index in [1.54, 1.807) is 7.11 Å². The smallest absolute Gasteiger partial charge is 0.136 e. The summed E-state index contributed by atoms with van der Waals surface area (Å²) in [6, 6.07) is 4.41. The first kappa shape index (κ1) is 14.0. The van der Waals surface area contributed by atoms with E-state index in [9.17, 15) is 0 Å². The maximum Gasteiger partial charge on any atom is 0.136 e. The molecule has 0 spiro atoms. The van der Waals surface area contributed by atoms with Crippen molar-refractivity contribution in [2.24, 2.45) is 0 Å². The number of fused-ring (bicyclic) bond motifs is 3. The lowest BCUT2D eigenvalue weighted by Gasteiger charge is -2.30. The zero-order valence-corrected chi connectivity index (χ0v) is 13.6. The third-order valence-electron chi connectivity index (χ3n) is 4.32. The van der Waals surface area contributed by atoms with E-state index in [1.807, 2.05) is 0 Å². The van der Waals surface area contributed by atoms with Crippen molar-refractivity contribution in [3.63, 3.8) is 0 Å². The molecule has 1 aliphatic rings. The van der Waals surface area contributed by atoms with Crippen LogP contribution >= 0.6 is 0 Å². The molecule has 110 valence electrons. The number of aryl methyl sites for hydroxylation is 2. The predicted octanol–water partition coefficient (Wildman–Crippen LogP) is 4.96. The van der Waals surface area contributed by atoms with Crippen LogP contribution in [0.5, 0.6) is 11.5 Å². The molecule has 0 saturated carbocycles. The highest BCUT2D eigenvalue weighted by Gasteiger charge is 2.25. The van der Waals surface area contributed by atoms with Gasteiger partial charge in [-0.1, -0.05) is 6.08 Å². The topological polar surface area (TPSA) is 18.5 Å². The molecule has 0 aromatic heterocycles. The fourth-order valence-electron chi connectivity index (χ4n) is 3.02. The van der Waals surface area contributed by atoms with Gasteiger partial charge < -0.3 is 9.47 Å². The zero-order valence-electron chi connectivity index (χ0n) is 13.6. The van der Waals surface area contributed by atoms with Crippen molar-refractivity contribution in [2.45, 2.75) is 40.2 Å². The van der Waals surface area contributed by atoms with Gasteiger partial charge in [0.1, 0.15) is 17.1 Å². The van der Waals surface area contributed by atoms with Crippen LogP contribution in [-0.2, 0) is 0 Å². The molecule has 0 bridgehead atoms. The zero-order chi connectivity index (χ0) is 15.4. The second-order valence-corrected chi connectivity index (χ2v) is 6.42. The molecule has 2 aromatic rings. The Morgan fingerprint density at radius 3 is 2.33 bits per heavy atom. The van der Waals surface area contributed by atoms with Crippen LogP contribution in [0, 0.1) is 20.8 Å². The Kier molecular flexibility index (Phi) is 3.01. The minimum atomic E-state index is -0.278.